The van der Waals surface area contributed by atoms with E-state index in [4.69, 9.17) is 4.74 Å². The maximum atomic E-state index is 12.9. The van der Waals surface area contributed by atoms with Gasteiger partial charge < -0.3 is 14.2 Å². The van der Waals surface area contributed by atoms with Gasteiger partial charge in [0.1, 0.15) is 11.4 Å². The Morgan fingerprint density at radius 3 is 2.93 bits per heavy atom. The van der Waals surface area contributed by atoms with E-state index < -0.39 is 0 Å². The molecule has 7 heteroatoms. The number of H-pyrrole nitrogens is 1. The molecule has 1 aliphatic rings. The van der Waals surface area contributed by atoms with Gasteiger partial charge in [-0.05, 0) is 49.1 Å². The minimum absolute atomic E-state index is 0.0117. The number of rotatable bonds is 5. The summed E-state index contributed by atoms with van der Waals surface area (Å²) < 4.78 is 7.26. The monoisotopic (exact) mass is 365 g/mol. The average Bonchev–Trinajstić information content (AvgIpc) is 3.40. The number of benzene rings is 1. The molecule has 1 atom stereocenters. The van der Waals surface area contributed by atoms with E-state index in [9.17, 15) is 4.79 Å². The van der Waals surface area contributed by atoms with Crippen molar-refractivity contribution in [2.24, 2.45) is 5.92 Å². The van der Waals surface area contributed by atoms with E-state index >= 15 is 0 Å². The van der Waals surface area contributed by atoms with E-state index in [-0.39, 0.29) is 5.91 Å². The number of nitrogens with one attached hydrogen (secondary N) is 1. The molecule has 140 valence electrons. The fourth-order valence-corrected chi connectivity index (χ4v) is 3.60. The zero-order chi connectivity index (χ0) is 18.6. The zero-order valence-electron chi connectivity index (χ0n) is 15.3. The van der Waals surface area contributed by atoms with Crippen LogP contribution < -0.4 is 4.74 Å². The molecule has 7 nitrogen and oxygen atoms in total. The fourth-order valence-electron chi connectivity index (χ4n) is 3.60. The maximum absolute atomic E-state index is 12.9. The first kappa shape index (κ1) is 17.3. The summed E-state index contributed by atoms with van der Waals surface area (Å²) in [6.07, 6.45) is 7.73. The Hall–Kier alpha value is -3.09. The van der Waals surface area contributed by atoms with E-state index in [1.165, 1.54) is 0 Å². The lowest BCUT2D eigenvalue weighted by Crippen LogP contribution is -2.41. The highest BCUT2D eigenvalue weighted by atomic mass is 16.5. The predicted molar refractivity (Wildman–Crippen MR) is 101 cm³/mol. The number of carbonyl (C=O) groups is 1. The van der Waals surface area contributed by atoms with Gasteiger partial charge in [0.25, 0.3) is 5.91 Å². The number of hydrogen-bond donors (Lipinski definition) is 1. The summed E-state index contributed by atoms with van der Waals surface area (Å²) in [6.45, 7) is 2.44. The molecule has 0 saturated carbocycles. The summed E-state index contributed by atoms with van der Waals surface area (Å²) in [5.74, 6) is 1.25. The van der Waals surface area contributed by atoms with Crippen molar-refractivity contribution in [2.45, 2.75) is 19.4 Å². The Kier molecular flexibility index (Phi) is 4.91. The largest absolute Gasteiger partial charge is 0.497 e. The molecular formula is C20H23N5O2. The van der Waals surface area contributed by atoms with E-state index in [0.717, 1.165) is 49.5 Å². The number of hydrogen-bond acceptors (Lipinski definition) is 4. The summed E-state index contributed by atoms with van der Waals surface area (Å²) >= 11 is 0. The molecule has 1 amide bonds. The summed E-state index contributed by atoms with van der Waals surface area (Å²) in [5, 5.41) is 7.21. The third kappa shape index (κ3) is 3.86. The Balaban J connectivity index is 1.43. The number of imidazole rings is 1. The van der Waals surface area contributed by atoms with Gasteiger partial charge in [0.05, 0.1) is 19.1 Å². The van der Waals surface area contributed by atoms with E-state index in [1.807, 2.05) is 47.8 Å². The average molecular weight is 365 g/mol. The van der Waals surface area contributed by atoms with Gasteiger partial charge in [-0.1, -0.05) is 0 Å². The van der Waals surface area contributed by atoms with E-state index in [0.29, 0.717) is 11.6 Å². The number of methoxy groups -OCH3 is 1. The topological polar surface area (TPSA) is 76.0 Å². The number of nitrogens with zero attached hydrogens (tertiary/aromatic N) is 4. The summed E-state index contributed by atoms with van der Waals surface area (Å²) in [6, 6.07) is 9.47. The quantitative estimate of drug-likeness (QED) is 0.754. The van der Waals surface area contributed by atoms with Crippen molar-refractivity contribution in [1.29, 1.82) is 0 Å². The molecule has 1 saturated heterocycles. The Morgan fingerprint density at radius 2 is 2.19 bits per heavy atom. The van der Waals surface area contributed by atoms with Crippen molar-refractivity contribution in [1.82, 2.24) is 24.6 Å². The molecule has 0 aliphatic carbocycles. The molecule has 0 radical (unpaired) electrons. The first-order chi connectivity index (χ1) is 13.2. The Morgan fingerprint density at radius 1 is 1.33 bits per heavy atom. The number of ether oxygens (including phenoxy) is 1. The SMILES string of the molecule is COc1ccc(-c2cc(C(=O)N3CCC[C@H](Cn4ccnc4)C3)[nH]n2)cc1. The number of amides is 1. The van der Waals surface area contributed by atoms with Gasteiger partial charge in [0, 0.05) is 37.6 Å². The lowest BCUT2D eigenvalue weighted by atomic mass is 9.97. The molecule has 2 aromatic heterocycles. The van der Waals surface area contributed by atoms with Gasteiger partial charge in [-0.2, -0.15) is 5.10 Å². The smallest absolute Gasteiger partial charge is 0.271 e. The van der Waals surface area contributed by atoms with Gasteiger partial charge in [-0.15, -0.1) is 0 Å². The van der Waals surface area contributed by atoms with Crippen LogP contribution in [0.25, 0.3) is 11.3 Å². The molecule has 4 rings (SSSR count). The van der Waals surface area contributed by atoms with Crippen LogP contribution in [0, 0.1) is 5.92 Å². The zero-order valence-corrected chi connectivity index (χ0v) is 15.3. The van der Waals surface area contributed by atoms with Crippen LogP contribution in [0.3, 0.4) is 0 Å². The van der Waals surface area contributed by atoms with Gasteiger partial charge in [-0.25, -0.2) is 4.98 Å². The van der Waals surface area contributed by atoms with Crippen LogP contribution >= 0.6 is 0 Å². The normalized spacial score (nSPS) is 17.1. The van der Waals surface area contributed by atoms with Crippen molar-refractivity contribution >= 4 is 5.91 Å². The van der Waals surface area contributed by atoms with Crippen LogP contribution in [0.2, 0.25) is 0 Å². The second-order valence-corrected chi connectivity index (χ2v) is 6.91. The lowest BCUT2D eigenvalue weighted by molar-refractivity contribution is 0.0656. The molecule has 3 heterocycles. The molecular weight excluding hydrogens is 342 g/mol. The number of carbonyl (C=O) groups excluding carboxylic acids is 1. The minimum Gasteiger partial charge on any atom is -0.497 e. The number of piperidine rings is 1. The molecule has 1 aliphatic heterocycles. The molecule has 0 unspecified atom stereocenters. The van der Waals surface area contributed by atoms with Gasteiger partial charge in [-0.3, -0.25) is 9.89 Å². The Bertz CT molecular complexity index is 886. The van der Waals surface area contributed by atoms with Crippen LogP contribution in [0.5, 0.6) is 5.75 Å². The molecule has 3 aromatic rings. The second-order valence-electron chi connectivity index (χ2n) is 6.91. The number of aromatic amines is 1. The van der Waals surface area contributed by atoms with Crippen LogP contribution in [0.4, 0.5) is 0 Å². The van der Waals surface area contributed by atoms with Gasteiger partial charge >= 0.3 is 0 Å². The third-order valence-electron chi connectivity index (χ3n) is 5.03. The molecule has 1 aromatic carbocycles. The molecule has 0 spiro atoms. The van der Waals surface area contributed by atoms with Crippen molar-refractivity contribution < 1.29 is 9.53 Å². The fraction of sp³-hybridized carbons (Fsp3) is 0.350. The van der Waals surface area contributed by atoms with E-state index in [2.05, 4.69) is 19.7 Å². The first-order valence-corrected chi connectivity index (χ1v) is 9.18. The van der Waals surface area contributed by atoms with Gasteiger partial charge in [0.15, 0.2) is 0 Å². The molecule has 27 heavy (non-hydrogen) atoms. The van der Waals surface area contributed by atoms with Crippen molar-refractivity contribution in [3.63, 3.8) is 0 Å². The summed E-state index contributed by atoms with van der Waals surface area (Å²) in [5.41, 5.74) is 2.24. The minimum atomic E-state index is 0.0117. The van der Waals surface area contributed by atoms with Crippen molar-refractivity contribution in [3.05, 3.63) is 54.7 Å². The molecule has 1 fully saturated rings. The Labute approximate surface area is 158 Å². The van der Waals surface area contributed by atoms with Crippen LogP contribution in [-0.4, -0.2) is 50.8 Å². The maximum Gasteiger partial charge on any atom is 0.271 e. The first-order valence-electron chi connectivity index (χ1n) is 9.18. The summed E-state index contributed by atoms with van der Waals surface area (Å²) in [4.78, 5) is 18.9. The third-order valence-corrected chi connectivity index (χ3v) is 5.03. The number of aromatic nitrogens is 4. The van der Waals surface area contributed by atoms with Crippen molar-refractivity contribution in [3.8, 4) is 17.0 Å². The van der Waals surface area contributed by atoms with Crippen LogP contribution in [-0.2, 0) is 6.54 Å². The van der Waals surface area contributed by atoms with Gasteiger partial charge in [0.2, 0.25) is 0 Å². The summed E-state index contributed by atoms with van der Waals surface area (Å²) in [7, 11) is 1.64. The van der Waals surface area contributed by atoms with Crippen LogP contribution in [0.1, 0.15) is 23.3 Å². The van der Waals surface area contributed by atoms with Crippen molar-refractivity contribution in [2.75, 3.05) is 20.2 Å². The predicted octanol–water partition coefficient (Wildman–Crippen LogP) is 2.83. The molecule has 0 bridgehead atoms. The van der Waals surface area contributed by atoms with E-state index in [1.54, 1.807) is 13.3 Å². The lowest BCUT2D eigenvalue weighted by Gasteiger charge is -2.32. The highest BCUT2D eigenvalue weighted by molar-refractivity contribution is 5.93. The number of likely N-dealkylation sites (tertiary alicyclic amines) is 1. The highest BCUT2D eigenvalue weighted by Crippen LogP contribution is 2.23. The van der Waals surface area contributed by atoms with Crippen LogP contribution in [0.15, 0.2) is 49.1 Å². The standard InChI is InChI=1S/C20H23N5O2/c1-27-17-6-4-16(5-7-17)18-11-19(23-22-18)20(26)25-9-2-3-15(13-25)12-24-10-8-21-14-24/h4-8,10-11,14-15H,2-3,9,12-13H2,1H3,(H,22,23)/t15-/m1/s1. The second kappa shape index (κ2) is 7.65. The molecule has 1 N–H and O–H groups in total. The highest BCUT2D eigenvalue weighted by Gasteiger charge is 2.26.